The lowest BCUT2D eigenvalue weighted by Gasteiger charge is -2.06. The molecule has 2 aromatic carbocycles. The topological polar surface area (TPSA) is 64.4 Å². The molecule has 0 aromatic heterocycles. The highest BCUT2D eigenvalue weighted by atomic mass is 16.6. The van der Waals surface area contributed by atoms with Gasteiger partial charge in [-0.2, -0.15) is 5.48 Å². The highest BCUT2D eigenvalue weighted by Gasteiger charge is 2.05. The van der Waals surface area contributed by atoms with Crippen LogP contribution >= 0.6 is 0 Å². The van der Waals surface area contributed by atoms with E-state index in [1.807, 2.05) is 36.4 Å². The number of benzene rings is 2. The second-order valence-electron chi connectivity index (χ2n) is 4.02. The second kappa shape index (κ2) is 6.63. The van der Waals surface area contributed by atoms with Gasteiger partial charge in [0.15, 0.2) is 0 Å². The van der Waals surface area contributed by atoms with Crippen molar-refractivity contribution in [1.29, 1.82) is 0 Å². The van der Waals surface area contributed by atoms with Crippen LogP contribution in [0.5, 0.6) is 0 Å². The molecule has 0 unspecified atom stereocenters. The number of nitrogens with one attached hydrogen (secondary N) is 1. The van der Waals surface area contributed by atoms with Crippen molar-refractivity contribution in [2.45, 2.75) is 13.2 Å². The zero-order valence-electron chi connectivity index (χ0n) is 10.3. The molecule has 2 rings (SSSR count). The average Bonchev–Trinajstić information content (AvgIpc) is 2.45. The highest BCUT2D eigenvalue weighted by Crippen LogP contribution is 2.12. The Morgan fingerprint density at radius 1 is 1.05 bits per heavy atom. The van der Waals surface area contributed by atoms with Gasteiger partial charge in [0.2, 0.25) is 0 Å². The Balaban J connectivity index is 1.80. The number of hydroxylamine groups is 1. The Morgan fingerprint density at radius 2 is 1.79 bits per heavy atom. The van der Waals surface area contributed by atoms with Gasteiger partial charge in [0.05, 0.1) is 11.5 Å². The first-order valence-corrected chi connectivity index (χ1v) is 5.87. The minimum atomic E-state index is -0.408. The van der Waals surface area contributed by atoms with Gasteiger partial charge >= 0.3 is 0 Å². The lowest BCUT2D eigenvalue weighted by atomic mass is 10.2. The summed E-state index contributed by atoms with van der Waals surface area (Å²) < 4.78 is 0. The summed E-state index contributed by atoms with van der Waals surface area (Å²) in [6.07, 6.45) is 0. The second-order valence-corrected chi connectivity index (χ2v) is 4.02. The summed E-state index contributed by atoms with van der Waals surface area (Å²) >= 11 is 0. The van der Waals surface area contributed by atoms with Gasteiger partial charge in [-0.05, 0) is 11.1 Å². The Bertz CT molecular complexity index is 543. The highest BCUT2D eigenvalue weighted by molar-refractivity contribution is 5.34. The maximum Gasteiger partial charge on any atom is 0.269 e. The van der Waals surface area contributed by atoms with E-state index in [9.17, 15) is 10.1 Å². The molecule has 0 fully saturated rings. The van der Waals surface area contributed by atoms with E-state index >= 15 is 0 Å². The summed E-state index contributed by atoms with van der Waals surface area (Å²) in [5, 5.41) is 10.6. The molecule has 98 valence electrons. The van der Waals surface area contributed by atoms with Crippen LogP contribution in [0.15, 0.2) is 54.6 Å². The summed E-state index contributed by atoms with van der Waals surface area (Å²) in [5.74, 6) is 0. The van der Waals surface area contributed by atoms with Crippen LogP contribution in [0.3, 0.4) is 0 Å². The third kappa shape index (κ3) is 4.17. The number of hydrogen-bond acceptors (Lipinski definition) is 4. The molecular weight excluding hydrogens is 244 g/mol. The zero-order chi connectivity index (χ0) is 13.5. The summed E-state index contributed by atoms with van der Waals surface area (Å²) in [6.45, 7) is 0.879. The van der Waals surface area contributed by atoms with Crippen LogP contribution in [0.25, 0.3) is 0 Å². The number of nitrogens with zero attached hydrogens (tertiary/aromatic N) is 1. The minimum Gasteiger partial charge on any atom is -0.297 e. The van der Waals surface area contributed by atoms with Crippen LogP contribution < -0.4 is 5.48 Å². The molecule has 0 bridgehead atoms. The Morgan fingerprint density at radius 3 is 2.53 bits per heavy atom. The summed E-state index contributed by atoms with van der Waals surface area (Å²) in [6, 6.07) is 16.2. The summed E-state index contributed by atoms with van der Waals surface area (Å²) in [4.78, 5) is 15.5. The Hall–Kier alpha value is -2.24. The van der Waals surface area contributed by atoms with Gasteiger partial charge in [0.1, 0.15) is 0 Å². The molecule has 5 heteroatoms. The van der Waals surface area contributed by atoms with Gasteiger partial charge in [-0.1, -0.05) is 42.5 Å². The number of nitro groups is 1. The first kappa shape index (κ1) is 13.2. The van der Waals surface area contributed by atoms with Gasteiger partial charge in [0, 0.05) is 18.7 Å². The first-order valence-electron chi connectivity index (χ1n) is 5.87. The molecule has 0 atom stereocenters. The van der Waals surface area contributed by atoms with Gasteiger partial charge < -0.3 is 0 Å². The molecule has 0 heterocycles. The van der Waals surface area contributed by atoms with Gasteiger partial charge in [0.25, 0.3) is 5.69 Å². The molecule has 5 nitrogen and oxygen atoms in total. The van der Waals surface area contributed by atoms with E-state index < -0.39 is 4.92 Å². The molecule has 19 heavy (non-hydrogen) atoms. The van der Waals surface area contributed by atoms with E-state index in [1.165, 1.54) is 12.1 Å². The van der Waals surface area contributed by atoms with Gasteiger partial charge in [-0.3, -0.25) is 15.0 Å². The number of rotatable bonds is 6. The van der Waals surface area contributed by atoms with Crippen LogP contribution in [0.1, 0.15) is 11.1 Å². The minimum absolute atomic E-state index is 0.0855. The van der Waals surface area contributed by atoms with Crippen molar-refractivity contribution in [3.63, 3.8) is 0 Å². The molecule has 0 saturated carbocycles. The molecule has 0 aliphatic heterocycles. The molecule has 0 aliphatic carbocycles. The fourth-order valence-electron chi connectivity index (χ4n) is 1.62. The largest absolute Gasteiger partial charge is 0.297 e. The van der Waals surface area contributed by atoms with E-state index in [0.717, 1.165) is 11.1 Å². The molecule has 0 spiro atoms. The fourth-order valence-corrected chi connectivity index (χ4v) is 1.62. The van der Waals surface area contributed by atoms with E-state index in [-0.39, 0.29) is 5.69 Å². The molecule has 0 amide bonds. The molecule has 1 N–H and O–H groups in total. The molecule has 2 aromatic rings. The number of nitro benzene ring substituents is 1. The number of hydrogen-bond donors (Lipinski definition) is 1. The van der Waals surface area contributed by atoms with E-state index in [2.05, 4.69) is 5.48 Å². The average molecular weight is 258 g/mol. The maximum atomic E-state index is 10.6. The van der Waals surface area contributed by atoms with E-state index in [0.29, 0.717) is 13.2 Å². The Kier molecular flexibility index (Phi) is 4.60. The van der Waals surface area contributed by atoms with Crippen molar-refractivity contribution in [3.8, 4) is 0 Å². The lowest BCUT2D eigenvalue weighted by molar-refractivity contribution is -0.384. The van der Waals surface area contributed by atoms with Crippen LogP contribution in [0, 0.1) is 10.1 Å². The quantitative estimate of drug-likeness (QED) is 0.491. The fraction of sp³-hybridized carbons (Fsp3) is 0.143. The predicted octanol–water partition coefficient (Wildman–Crippen LogP) is 2.82. The van der Waals surface area contributed by atoms with Crippen molar-refractivity contribution < 1.29 is 9.76 Å². The molecule has 0 aliphatic rings. The SMILES string of the molecule is O=[N+]([O-])c1cccc(CNOCc2ccccc2)c1. The monoisotopic (exact) mass is 258 g/mol. The summed E-state index contributed by atoms with van der Waals surface area (Å²) in [7, 11) is 0. The van der Waals surface area contributed by atoms with Crippen molar-refractivity contribution in [2.24, 2.45) is 0 Å². The zero-order valence-corrected chi connectivity index (χ0v) is 10.3. The van der Waals surface area contributed by atoms with E-state index in [1.54, 1.807) is 6.07 Å². The van der Waals surface area contributed by atoms with Crippen molar-refractivity contribution in [2.75, 3.05) is 0 Å². The maximum absolute atomic E-state index is 10.6. The summed E-state index contributed by atoms with van der Waals surface area (Å²) in [5.41, 5.74) is 4.75. The molecule has 0 radical (unpaired) electrons. The van der Waals surface area contributed by atoms with Gasteiger partial charge in [-0.25, -0.2) is 0 Å². The van der Waals surface area contributed by atoms with Crippen LogP contribution in [0.2, 0.25) is 0 Å². The van der Waals surface area contributed by atoms with Crippen LogP contribution in [-0.4, -0.2) is 4.92 Å². The lowest BCUT2D eigenvalue weighted by Crippen LogP contribution is -2.13. The molecule has 0 saturated heterocycles. The predicted molar refractivity (Wildman–Crippen MR) is 71.2 cm³/mol. The smallest absolute Gasteiger partial charge is 0.269 e. The Labute approximate surface area is 110 Å². The van der Waals surface area contributed by atoms with Crippen LogP contribution in [-0.2, 0) is 18.0 Å². The third-order valence-corrected chi connectivity index (χ3v) is 2.58. The van der Waals surface area contributed by atoms with E-state index in [4.69, 9.17) is 4.84 Å². The normalized spacial score (nSPS) is 10.3. The van der Waals surface area contributed by atoms with Crippen molar-refractivity contribution in [3.05, 3.63) is 75.8 Å². The molecular formula is C14H14N2O3. The van der Waals surface area contributed by atoms with Crippen molar-refractivity contribution in [1.82, 2.24) is 5.48 Å². The number of non-ortho nitro benzene ring substituents is 1. The van der Waals surface area contributed by atoms with Gasteiger partial charge in [-0.15, -0.1) is 0 Å². The van der Waals surface area contributed by atoms with Crippen LogP contribution in [0.4, 0.5) is 5.69 Å². The standard InChI is InChI=1S/C14H14N2O3/c17-16(18)14-8-4-7-13(9-14)10-15-19-11-12-5-2-1-3-6-12/h1-9,15H,10-11H2. The van der Waals surface area contributed by atoms with Crippen molar-refractivity contribution >= 4 is 5.69 Å². The first-order chi connectivity index (χ1) is 9.25. The third-order valence-electron chi connectivity index (χ3n) is 2.58.